The van der Waals surface area contributed by atoms with Crippen molar-refractivity contribution in [3.8, 4) is 0 Å². The van der Waals surface area contributed by atoms with Gasteiger partial charge in [-0.1, -0.05) is 6.07 Å². The van der Waals surface area contributed by atoms with E-state index in [9.17, 15) is 14.9 Å². The number of carbonyl (C=O) groups is 1. The zero-order valence-electron chi connectivity index (χ0n) is 12.5. The Labute approximate surface area is 132 Å². The lowest BCUT2D eigenvalue weighted by Gasteiger charge is -2.27. The molecule has 1 aromatic carbocycles. The van der Waals surface area contributed by atoms with E-state index in [1.807, 2.05) is 10.8 Å². The summed E-state index contributed by atoms with van der Waals surface area (Å²) in [7, 11) is 0. The third-order valence-corrected chi connectivity index (χ3v) is 4.69. The molecular formula is C16H16N4O3. The maximum absolute atomic E-state index is 13.0. The SMILES string of the molecule is O=C([C@@H]1CCCn2ccnc21)N1CCc2ccc([N+](=O)[O-])cc21. The van der Waals surface area contributed by atoms with Gasteiger partial charge >= 0.3 is 0 Å². The first-order chi connectivity index (χ1) is 11.1. The molecule has 0 aliphatic carbocycles. The molecule has 1 aromatic heterocycles. The van der Waals surface area contributed by atoms with Crippen molar-refractivity contribution in [2.45, 2.75) is 31.7 Å². The molecule has 1 atom stereocenters. The van der Waals surface area contributed by atoms with Crippen LogP contribution in [0.5, 0.6) is 0 Å². The molecule has 3 heterocycles. The summed E-state index contributed by atoms with van der Waals surface area (Å²) in [6.07, 6.45) is 6.08. The maximum atomic E-state index is 13.0. The molecule has 23 heavy (non-hydrogen) atoms. The van der Waals surface area contributed by atoms with Crippen LogP contribution in [0.1, 0.15) is 30.1 Å². The fourth-order valence-electron chi connectivity index (χ4n) is 3.55. The van der Waals surface area contributed by atoms with Crippen molar-refractivity contribution in [1.82, 2.24) is 9.55 Å². The molecule has 0 saturated carbocycles. The number of hydrogen-bond acceptors (Lipinski definition) is 4. The molecule has 2 aliphatic heterocycles. The second-order valence-corrected chi connectivity index (χ2v) is 5.98. The number of fused-ring (bicyclic) bond motifs is 2. The molecule has 2 aromatic rings. The van der Waals surface area contributed by atoms with Gasteiger partial charge in [-0.3, -0.25) is 14.9 Å². The average molecular weight is 312 g/mol. The summed E-state index contributed by atoms with van der Waals surface area (Å²) in [6, 6.07) is 4.76. The van der Waals surface area contributed by atoms with Crippen LogP contribution in [0, 0.1) is 10.1 Å². The molecule has 7 nitrogen and oxygen atoms in total. The lowest BCUT2D eigenvalue weighted by molar-refractivity contribution is -0.384. The zero-order valence-corrected chi connectivity index (χ0v) is 12.5. The van der Waals surface area contributed by atoms with Crippen molar-refractivity contribution in [2.75, 3.05) is 11.4 Å². The van der Waals surface area contributed by atoms with Crippen LogP contribution in [-0.2, 0) is 17.8 Å². The highest BCUT2D eigenvalue weighted by Crippen LogP contribution is 2.36. The zero-order chi connectivity index (χ0) is 16.0. The van der Waals surface area contributed by atoms with Gasteiger partial charge in [0.05, 0.1) is 16.5 Å². The number of benzene rings is 1. The van der Waals surface area contributed by atoms with Gasteiger partial charge in [-0.15, -0.1) is 0 Å². The number of hydrogen-bond donors (Lipinski definition) is 0. The number of rotatable bonds is 2. The number of aryl methyl sites for hydroxylation is 1. The second kappa shape index (κ2) is 5.19. The average Bonchev–Trinajstić information content (AvgIpc) is 3.19. The largest absolute Gasteiger partial charge is 0.334 e. The molecule has 2 aliphatic rings. The Kier molecular flexibility index (Phi) is 3.14. The molecule has 0 fully saturated rings. The van der Waals surface area contributed by atoms with E-state index < -0.39 is 4.92 Å². The summed E-state index contributed by atoms with van der Waals surface area (Å²) < 4.78 is 2.02. The molecule has 0 unspecified atom stereocenters. The minimum atomic E-state index is -0.422. The van der Waals surface area contributed by atoms with Gasteiger partial charge in [0.1, 0.15) is 5.82 Å². The number of aromatic nitrogens is 2. The lowest BCUT2D eigenvalue weighted by Crippen LogP contribution is -2.36. The highest BCUT2D eigenvalue weighted by Gasteiger charge is 2.35. The Bertz CT molecular complexity index is 798. The Balaban J connectivity index is 1.68. The first kappa shape index (κ1) is 13.9. The molecule has 4 rings (SSSR count). The number of nitrogens with zero attached hydrogens (tertiary/aromatic N) is 4. The van der Waals surface area contributed by atoms with Crippen molar-refractivity contribution in [3.05, 3.63) is 52.1 Å². The van der Waals surface area contributed by atoms with Crippen molar-refractivity contribution >= 4 is 17.3 Å². The van der Waals surface area contributed by atoms with Gasteiger partial charge < -0.3 is 9.47 Å². The van der Waals surface area contributed by atoms with Gasteiger partial charge in [0, 0.05) is 37.6 Å². The molecule has 0 N–H and O–H groups in total. The quantitative estimate of drug-likeness (QED) is 0.629. The van der Waals surface area contributed by atoms with E-state index in [1.54, 1.807) is 17.2 Å². The monoisotopic (exact) mass is 312 g/mol. The Hall–Kier alpha value is -2.70. The van der Waals surface area contributed by atoms with Crippen molar-refractivity contribution in [1.29, 1.82) is 0 Å². The van der Waals surface area contributed by atoms with Gasteiger partial charge in [-0.2, -0.15) is 0 Å². The summed E-state index contributed by atoms with van der Waals surface area (Å²) in [5.74, 6) is 0.542. The topological polar surface area (TPSA) is 81.3 Å². The van der Waals surface area contributed by atoms with Crippen molar-refractivity contribution in [2.24, 2.45) is 0 Å². The van der Waals surface area contributed by atoms with Crippen LogP contribution < -0.4 is 4.90 Å². The molecule has 0 spiro atoms. The Morgan fingerprint density at radius 3 is 3.04 bits per heavy atom. The predicted molar refractivity (Wildman–Crippen MR) is 83.4 cm³/mol. The fourth-order valence-corrected chi connectivity index (χ4v) is 3.55. The number of nitro groups is 1. The normalized spacial score (nSPS) is 19.3. The van der Waals surface area contributed by atoms with Crippen LogP contribution in [0.4, 0.5) is 11.4 Å². The van der Waals surface area contributed by atoms with E-state index in [0.717, 1.165) is 37.2 Å². The summed E-state index contributed by atoms with van der Waals surface area (Å²) >= 11 is 0. The van der Waals surface area contributed by atoms with E-state index in [0.29, 0.717) is 12.2 Å². The molecule has 1 amide bonds. The molecular weight excluding hydrogens is 296 g/mol. The van der Waals surface area contributed by atoms with Crippen LogP contribution in [0.3, 0.4) is 0 Å². The van der Waals surface area contributed by atoms with E-state index in [4.69, 9.17) is 0 Å². The van der Waals surface area contributed by atoms with E-state index in [2.05, 4.69) is 4.98 Å². The third kappa shape index (κ3) is 2.19. The van der Waals surface area contributed by atoms with Crippen LogP contribution >= 0.6 is 0 Å². The minimum Gasteiger partial charge on any atom is -0.334 e. The van der Waals surface area contributed by atoms with Gasteiger partial charge in [-0.05, 0) is 24.8 Å². The standard InChI is InChI=1S/C16H16N4O3/c21-16(13-2-1-7-18-9-6-17-15(13)18)19-8-5-11-3-4-12(20(22)23)10-14(11)19/h3-4,6,9-10,13H,1-2,5,7-8H2/t13-/m1/s1. The third-order valence-electron chi connectivity index (χ3n) is 4.69. The molecule has 0 radical (unpaired) electrons. The first-order valence-electron chi connectivity index (χ1n) is 7.75. The number of amides is 1. The van der Waals surface area contributed by atoms with Crippen LogP contribution in [-0.4, -0.2) is 26.9 Å². The number of nitro benzene ring substituents is 1. The molecule has 7 heteroatoms. The summed E-state index contributed by atoms with van der Waals surface area (Å²) in [5, 5.41) is 11.0. The highest BCUT2D eigenvalue weighted by atomic mass is 16.6. The molecule has 0 bridgehead atoms. The van der Waals surface area contributed by atoms with E-state index in [-0.39, 0.29) is 17.5 Å². The number of carbonyl (C=O) groups excluding carboxylic acids is 1. The first-order valence-corrected chi connectivity index (χ1v) is 7.75. The predicted octanol–water partition coefficient (Wildman–Crippen LogP) is 2.26. The summed E-state index contributed by atoms with van der Waals surface area (Å²) in [5.41, 5.74) is 1.68. The molecule has 0 saturated heterocycles. The van der Waals surface area contributed by atoms with Gasteiger partial charge in [-0.25, -0.2) is 4.98 Å². The number of imidazole rings is 1. The van der Waals surface area contributed by atoms with E-state index in [1.165, 1.54) is 12.1 Å². The minimum absolute atomic E-state index is 0.00334. The Morgan fingerprint density at radius 2 is 2.22 bits per heavy atom. The summed E-state index contributed by atoms with van der Waals surface area (Å²) in [4.78, 5) is 29.6. The van der Waals surface area contributed by atoms with Crippen LogP contribution in [0.25, 0.3) is 0 Å². The maximum Gasteiger partial charge on any atom is 0.271 e. The number of anilines is 1. The fraction of sp³-hybridized carbons (Fsp3) is 0.375. The lowest BCUT2D eigenvalue weighted by atomic mass is 9.97. The Morgan fingerprint density at radius 1 is 1.35 bits per heavy atom. The smallest absolute Gasteiger partial charge is 0.271 e. The van der Waals surface area contributed by atoms with E-state index >= 15 is 0 Å². The second-order valence-electron chi connectivity index (χ2n) is 5.98. The van der Waals surface area contributed by atoms with Gasteiger partial charge in [0.15, 0.2) is 0 Å². The molecule has 118 valence electrons. The summed E-state index contributed by atoms with van der Waals surface area (Å²) in [6.45, 7) is 1.47. The highest BCUT2D eigenvalue weighted by molar-refractivity contribution is 5.99. The van der Waals surface area contributed by atoms with Crippen LogP contribution in [0.15, 0.2) is 30.6 Å². The number of non-ortho nitro benzene ring substituents is 1. The van der Waals surface area contributed by atoms with Crippen molar-refractivity contribution in [3.63, 3.8) is 0 Å². The van der Waals surface area contributed by atoms with Gasteiger partial charge in [0.2, 0.25) is 5.91 Å². The van der Waals surface area contributed by atoms with Crippen LogP contribution in [0.2, 0.25) is 0 Å². The van der Waals surface area contributed by atoms with Crippen molar-refractivity contribution < 1.29 is 9.72 Å². The van der Waals surface area contributed by atoms with Gasteiger partial charge in [0.25, 0.3) is 5.69 Å².